The molecule has 0 spiro atoms. The predicted octanol–water partition coefficient (Wildman–Crippen LogP) is 2.95. The molecule has 0 atom stereocenters. The van der Waals surface area contributed by atoms with Crippen molar-refractivity contribution in [1.82, 2.24) is 15.3 Å². The molecule has 94 valence electrons. The van der Waals surface area contributed by atoms with E-state index in [9.17, 15) is 0 Å². The highest BCUT2D eigenvalue weighted by Gasteiger charge is 2.05. The van der Waals surface area contributed by atoms with E-state index < -0.39 is 0 Å². The molecule has 0 saturated heterocycles. The number of halogens is 1. The minimum Gasteiger partial charge on any atom is -0.437 e. The van der Waals surface area contributed by atoms with Gasteiger partial charge in [0.1, 0.15) is 5.75 Å². The van der Waals surface area contributed by atoms with E-state index in [0.717, 1.165) is 11.3 Å². The van der Waals surface area contributed by atoms with Gasteiger partial charge in [0.25, 0.3) is 0 Å². The molecular weight excluding hydrogens is 250 g/mol. The lowest BCUT2D eigenvalue weighted by atomic mass is 10.2. The first-order valence-corrected chi connectivity index (χ1v) is 5.96. The van der Waals surface area contributed by atoms with Gasteiger partial charge in [0.05, 0.1) is 11.9 Å². The Morgan fingerprint density at radius 2 is 2.17 bits per heavy atom. The molecule has 5 heteroatoms. The Morgan fingerprint density at radius 3 is 2.94 bits per heavy atom. The molecule has 0 aliphatic heterocycles. The van der Waals surface area contributed by atoms with E-state index in [2.05, 4.69) is 15.3 Å². The van der Waals surface area contributed by atoms with Crippen LogP contribution in [0.2, 0.25) is 5.02 Å². The summed E-state index contributed by atoms with van der Waals surface area (Å²) in [5, 5.41) is 3.65. The Kier molecular flexibility index (Phi) is 4.12. The van der Waals surface area contributed by atoms with Crippen LogP contribution in [0, 0.1) is 6.92 Å². The fourth-order valence-corrected chi connectivity index (χ4v) is 1.66. The Morgan fingerprint density at radius 1 is 1.33 bits per heavy atom. The summed E-state index contributed by atoms with van der Waals surface area (Å²) in [7, 11) is 1.86. The Labute approximate surface area is 111 Å². The van der Waals surface area contributed by atoms with Crippen LogP contribution in [0.25, 0.3) is 0 Å². The zero-order chi connectivity index (χ0) is 13.0. The molecule has 0 aliphatic rings. The largest absolute Gasteiger partial charge is 0.437 e. The molecular formula is C13H14ClN3O. The van der Waals surface area contributed by atoms with Crippen molar-refractivity contribution in [2.75, 3.05) is 7.05 Å². The third-order valence-electron chi connectivity index (χ3n) is 2.38. The molecule has 18 heavy (non-hydrogen) atoms. The van der Waals surface area contributed by atoms with Gasteiger partial charge >= 0.3 is 0 Å². The quantitative estimate of drug-likeness (QED) is 0.921. The number of benzene rings is 1. The molecule has 4 nitrogen and oxygen atoms in total. The molecule has 1 aromatic carbocycles. The lowest BCUT2D eigenvalue weighted by Crippen LogP contribution is -2.07. The lowest BCUT2D eigenvalue weighted by Gasteiger charge is -2.08. The van der Waals surface area contributed by atoms with Crippen molar-refractivity contribution in [1.29, 1.82) is 0 Å². The highest BCUT2D eigenvalue weighted by molar-refractivity contribution is 6.30. The zero-order valence-corrected chi connectivity index (χ0v) is 11.0. The van der Waals surface area contributed by atoms with Crippen LogP contribution in [-0.4, -0.2) is 17.0 Å². The maximum Gasteiger partial charge on any atom is 0.238 e. The van der Waals surface area contributed by atoms with E-state index in [0.29, 0.717) is 23.2 Å². The maximum atomic E-state index is 5.94. The van der Waals surface area contributed by atoms with Crippen molar-refractivity contribution >= 4 is 11.6 Å². The predicted molar refractivity (Wildman–Crippen MR) is 71.1 cm³/mol. The van der Waals surface area contributed by atoms with Crippen LogP contribution in [0.3, 0.4) is 0 Å². The molecule has 2 aromatic rings. The van der Waals surface area contributed by atoms with Gasteiger partial charge in [-0.3, -0.25) is 4.98 Å². The third-order valence-corrected chi connectivity index (χ3v) is 2.62. The first-order chi connectivity index (χ1) is 8.69. The van der Waals surface area contributed by atoms with Gasteiger partial charge in [0.15, 0.2) is 0 Å². The Bertz CT molecular complexity index is 546. The summed E-state index contributed by atoms with van der Waals surface area (Å²) >= 11 is 5.94. The molecule has 0 aliphatic carbocycles. The Balaban J connectivity index is 2.22. The third kappa shape index (κ3) is 3.18. The van der Waals surface area contributed by atoms with Gasteiger partial charge in [-0.2, -0.15) is 0 Å². The van der Waals surface area contributed by atoms with Crippen molar-refractivity contribution in [2.45, 2.75) is 13.5 Å². The highest BCUT2D eigenvalue weighted by atomic mass is 35.5. The molecule has 1 heterocycles. The summed E-state index contributed by atoms with van der Waals surface area (Å²) in [5.74, 6) is 1.16. The van der Waals surface area contributed by atoms with E-state index in [-0.39, 0.29) is 0 Å². The number of hydrogen-bond acceptors (Lipinski definition) is 4. The van der Waals surface area contributed by atoms with Crippen molar-refractivity contribution in [3.05, 3.63) is 46.9 Å². The number of nitrogens with one attached hydrogen (secondary N) is 1. The van der Waals surface area contributed by atoms with Gasteiger partial charge in [-0.15, -0.1) is 0 Å². The fraction of sp³-hybridized carbons (Fsp3) is 0.231. The van der Waals surface area contributed by atoms with Crippen LogP contribution < -0.4 is 10.1 Å². The van der Waals surface area contributed by atoms with Crippen LogP contribution in [0.15, 0.2) is 30.6 Å². The molecule has 0 saturated carbocycles. The second-order valence-corrected chi connectivity index (χ2v) is 4.33. The number of aromatic nitrogens is 2. The lowest BCUT2D eigenvalue weighted by molar-refractivity contribution is 0.453. The summed E-state index contributed by atoms with van der Waals surface area (Å²) in [6.07, 6.45) is 3.29. The molecule has 0 amide bonds. The van der Waals surface area contributed by atoms with E-state index in [1.165, 1.54) is 0 Å². The molecule has 0 unspecified atom stereocenters. The monoisotopic (exact) mass is 263 g/mol. The second-order valence-electron chi connectivity index (χ2n) is 3.89. The Hall–Kier alpha value is -1.65. The normalized spacial score (nSPS) is 10.4. The summed E-state index contributed by atoms with van der Waals surface area (Å²) in [5.41, 5.74) is 1.83. The van der Waals surface area contributed by atoms with Crippen LogP contribution in [-0.2, 0) is 6.54 Å². The van der Waals surface area contributed by atoms with E-state index in [1.54, 1.807) is 18.5 Å². The van der Waals surface area contributed by atoms with E-state index in [4.69, 9.17) is 16.3 Å². The highest BCUT2D eigenvalue weighted by Crippen LogP contribution is 2.26. The van der Waals surface area contributed by atoms with Gasteiger partial charge in [-0.1, -0.05) is 17.7 Å². The van der Waals surface area contributed by atoms with E-state index >= 15 is 0 Å². The van der Waals surface area contributed by atoms with Gasteiger partial charge in [-0.05, 0) is 31.7 Å². The second kappa shape index (κ2) is 5.80. The SMILES string of the molecule is CNCc1cncc(Oc2cc(Cl)ccc2C)n1. The molecule has 1 aromatic heterocycles. The molecule has 0 bridgehead atoms. The summed E-state index contributed by atoms with van der Waals surface area (Å²) in [6.45, 7) is 2.61. The molecule has 0 radical (unpaired) electrons. The number of aryl methyl sites for hydroxylation is 1. The number of rotatable bonds is 4. The van der Waals surface area contributed by atoms with Crippen LogP contribution in [0.1, 0.15) is 11.3 Å². The number of ether oxygens (including phenoxy) is 1. The van der Waals surface area contributed by atoms with Crippen molar-refractivity contribution in [2.24, 2.45) is 0 Å². The first-order valence-electron chi connectivity index (χ1n) is 5.58. The average molecular weight is 264 g/mol. The van der Waals surface area contributed by atoms with Crippen LogP contribution >= 0.6 is 11.6 Å². The number of hydrogen-bond donors (Lipinski definition) is 1. The summed E-state index contributed by atoms with van der Waals surface area (Å²) in [6, 6.07) is 5.50. The standard InChI is InChI=1S/C13H14ClN3O/c1-9-3-4-10(14)5-12(9)18-13-8-16-7-11(17-13)6-15-2/h3-5,7-8,15H,6H2,1-2H3. The molecule has 0 fully saturated rings. The van der Waals surface area contributed by atoms with Crippen molar-refractivity contribution < 1.29 is 4.74 Å². The van der Waals surface area contributed by atoms with Gasteiger partial charge in [0, 0.05) is 17.8 Å². The van der Waals surface area contributed by atoms with Gasteiger partial charge in [-0.25, -0.2) is 4.98 Å². The van der Waals surface area contributed by atoms with Crippen molar-refractivity contribution in [3.63, 3.8) is 0 Å². The summed E-state index contributed by atoms with van der Waals surface area (Å²) in [4.78, 5) is 8.43. The van der Waals surface area contributed by atoms with Crippen LogP contribution in [0.4, 0.5) is 0 Å². The summed E-state index contributed by atoms with van der Waals surface area (Å²) < 4.78 is 5.69. The molecule has 1 N–H and O–H groups in total. The number of nitrogens with zero attached hydrogens (tertiary/aromatic N) is 2. The minimum atomic E-state index is 0.466. The van der Waals surface area contributed by atoms with Crippen LogP contribution in [0.5, 0.6) is 11.6 Å². The average Bonchev–Trinajstić information content (AvgIpc) is 2.35. The smallest absolute Gasteiger partial charge is 0.238 e. The minimum absolute atomic E-state index is 0.466. The van der Waals surface area contributed by atoms with Crippen molar-refractivity contribution in [3.8, 4) is 11.6 Å². The maximum absolute atomic E-state index is 5.94. The van der Waals surface area contributed by atoms with Gasteiger partial charge in [0.2, 0.25) is 5.88 Å². The zero-order valence-electron chi connectivity index (χ0n) is 10.3. The fourth-order valence-electron chi connectivity index (χ4n) is 1.50. The first kappa shape index (κ1) is 12.8. The van der Waals surface area contributed by atoms with E-state index in [1.807, 2.05) is 26.1 Å². The molecule has 2 rings (SSSR count). The van der Waals surface area contributed by atoms with Gasteiger partial charge < -0.3 is 10.1 Å². The topological polar surface area (TPSA) is 47.0 Å².